The Bertz CT molecular complexity index is 590. The lowest BCUT2D eigenvalue weighted by Gasteiger charge is -2.22. The summed E-state index contributed by atoms with van der Waals surface area (Å²) in [6.07, 6.45) is 0. The lowest BCUT2D eigenvalue weighted by atomic mass is 9.91. The second-order valence-electron chi connectivity index (χ2n) is 4.92. The van der Waals surface area contributed by atoms with Crippen LogP contribution in [0.4, 0.5) is 4.39 Å². The molecule has 3 heteroatoms. The molecule has 2 rings (SSSR count). The molecular weight excluding hydrogens is 253 g/mol. The third-order valence-corrected chi connectivity index (χ3v) is 3.63. The smallest absolute Gasteiger partial charge is 0.165 e. The van der Waals surface area contributed by atoms with Gasteiger partial charge in [-0.15, -0.1) is 0 Å². The van der Waals surface area contributed by atoms with Crippen LogP contribution in [0.3, 0.4) is 0 Å². The van der Waals surface area contributed by atoms with Crippen molar-refractivity contribution in [2.45, 2.75) is 19.9 Å². The van der Waals surface area contributed by atoms with E-state index in [1.807, 2.05) is 19.2 Å². The Balaban J connectivity index is 2.50. The topological polar surface area (TPSA) is 21.3 Å². The van der Waals surface area contributed by atoms with E-state index in [2.05, 4.69) is 31.3 Å². The van der Waals surface area contributed by atoms with Crippen LogP contribution in [0.25, 0.3) is 0 Å². The summed E-state index contributed by atoms with van der Waals surface area (Å²) >= 11 is 0. The van der Waals surface area contributed by atoms with Crippen molar-refractivity contribution in [2.75, 3.05) is 14.2 Å². The monoisotopic (exact) mass is 273 g/mol. The predicted octanol–water partition coefficient (Wildman–Crippen LogP) is 3.76. The Morgan fingerprint density at radius 2 is 1.75 bits per heavy atom. The van der Waals surface area contributed by atoms with Crippen LogP contribution in [-0.2, 0) is 0 Å². The number of ether oxygens (including phenoxy) is 1. The normalized spacial score (nSPS) is 12.2. The van der Waals surface area contributed by atoms with Crippen molar-refractivity contribution in [3.05, 3.63) is 64.5 Å². The van der Waals surface area contributed by atoms with Gasteiger partial charge in [-0.25, -0.2) is 4.39 Å². The molecule has 0 aliphatic rings. The van der Waals surface area contributed by atoms with Crippen LogP contribution in [0, 0.1) is 19.7 Å². The number of aryl methyl sites for hydroxylation is 2. The number of nitrogens with one attached hydrogen (secondary N) is 1. The average Bonchev–Trinajstić information content (AvgIpc) is 2.43. The summed E-state index contributed by atoms with van der Waals surface area (Å²) in [5, 5.41) is 3.27. The van der Waals surface area contributed by atoms with E-state index in [1.54, 1.807) is 6.07 Å². The fourth-order valence-corrected chi connectivity index (χ4v) is 2.62. The predicted molar refractivity (Wildman–Crippen MR) is 79.8 cm³/mol. The summed E-state index contributed by atoms with van der Waals surface area (Å²) < 4.78 is 18.9. The molecule has 1 unspecified atom stereocenters. The molecule has 2 aromatic carbocycles. The standard InChI is InChI=1S/C17H20FNO/c1-11-6-5-7-12(2)16(11)17(19-3)13-8-9-15(20-4)14(18)10-13/h5-10,17,19H,1-4H3. The Labute approximate surface area is 119 Å². The van der Waals surface area contributed by atoms with Gasteiger partial charge in [-0.1, -0.05) is 24.3 Å². The van der Waals surface area contributed by atoms with Crippen LogP contribution in [0.1, 0.15) is 28.3 Å². The molecule has 0 aromatic heterocycles. The highest BCUT2D eigenvalue weighted by molar-refractivity contribution is 5.43. The molecule has 2 nitrogen and oxygen atoms in total. The first kappa shape index (κ1) is 14.5. The highest BCUT2D eigenvalue weighted by Gasteiger charge is 2.17. The fourth-order valence-electron chi connectivity index (χ4n) is 2.62. The minimum absolute atomic E-state index is 0.0309. The van der Waals surface area contributed by atoms with Gasteiger partial charge < -0.3 is 10.1 Å². The first-order valence-electron chi connectivity index (χ1n) is 6.65. The molecule has 0 aliphatic heterocycles. The average molecular weight is 273 g/mol. The van der Waals surface area contributed by atoms with E-state index in [1.165, 1.54) is 29.9 Å². The summed E-state index contributed by atoms with van der Waals surface area (Å²) in [5.74, 6) is -0.0680. The SMILES string of the molecule is CNC(c1ccc(OC)c(F)c1)c1c(C)cccc1C. The van der Waals surface area contributed by atoms with Crippen molar-refractivity contribution in [3.63, 3.8) is 0 Å². The molecule has 106 valence electrons. The van der Waals surface area contributed by atoms with Crippen LogP contribution in [0.15, 0.2) is 36.4 Å². The van der Waals surface area contributed by atoms with E-state index in [0.29, 0.717) is 0 Å². The number of rotatable bonds is 4. The van der Waals surface area contributed by atoms with Gasteiger partial charge in [-0.05, 0) is 55.3 Å². The second-order valence-corrected chi connectivity index (χ2v) is 4.92. The molecule has 0 spiro atoms. The van der Waals surface area contributed by atoms with E-state index in [-0.39, 0.29) is 17.6 Å². The number of benzene rings is 2. The highest BCUT2D eigenvalue weighted by atomic mass is 19.1. The van der Waals surface area contributed by atoms with Crippen LogP contribution in [0.5, 0.6) is 5.75 Å². The van der Waals surface area contributed by atoms with Gasteiger partial charge in [-0.3, -0.25) is 0 Å². The first-order chi connectivity index (χ1) is 9.58. The molecule has 0 saturated carbocycles. The van der Waals surface area contributed by atoms with Crippen LogP contribution >= 0.6 is 0 Å². The lowest BCUT2D eigenvalue weighted by Crippen LogP contribution is -2.20. The van der Waals surface area contributed by atoms with E-state index in [4.69, 9.17) is 4.74 Å². The third-order valence-electron chi connectivity index (χ3n) is 3.63. The molecule has 0 amide bonds. The second kappa shape index (κ2) is 6.06. The molecule has 0 radical (unpaired) electrons. The molecule has 1 N–H and O–H groups in total. The minimum Gasteiger partial charge on any atom is -0.494 e. The Morgan fingerprint density at radius 3 is 2.25 bits per heavy atom. The van der Waals surface area contributed by atoms with Gasteiger partial charge in [0.25, 0.3) is 0 Å². The largest absolute Gasteiger partial charge is 0.494 e. The highest BCUT2D eigenvalue weighted by Crippen LogP contribution is 2.30. The van der Waals surface area contributed by atoms with Crippen molar-refractivity contribution in [2.24, 2.45) is 0 Å². The molecule has 0 heterocycles. The number of hydrogen-bond donors (Lipinski definition) is 1. The van der Waals surface area contributed by atoms with E-state index < -0.39 is 0 Å². The molecule has 0 bridgehead atoms. The zero-order valence-corrected chi connectivity index (χ0v) is 12.3. The Morgan fingerprint density at radius 1 is 1.10 bits per heavy atom. The fraction of sp³-hybridized carbons (Fsp3) is 0.294. The Hall–Kier alpha value is -1.87. The maximum Gasteiger partial charge on any atom is 0.165 e. The summed E-state index contributed by atoms with van der Waals surface area (Å²) in [6.45, 7) is 4.15. The van der Waals surface area contributed by atoms with Gasteiger partial charge in [0.1, 0.15) is 0 Å². The maximum absolute atomic E-state index is 13.9. The lowest BCUT2D eigenvalue weighted by molar-refractivity contribution is 0.386. The van der Waals surface area contributed by atoms with E-state index in [0.717, 1.165) is 5.56 Å². The molecule has 2 aromatic rings. The zero-order chi connectivity index (χ0) is 14.7. The number of methoxy groups -OCH3 is 1. The number of hydrogen-bond acceptors (Lipinski definition) is 2. The summed E-state index contributed by atoms with van der Waals surface area (Å²) in [4.78, 5) is 0. The minimum atomic E-state index is -0.337. The zero-order valence-electron chi connectivity index (χ0n) is 12.3. The summed E-state index contributed by atoms with van der Waals surface area (Å²) in [7, 11) is 3.36. The molecule has 0 saturated heterocycles. The summed E-state index contributed by atoms with van der Waals surface area (Å²) in [5.41, 5.74) is 4.48. The Kier molecular flexibility index (Phi) is 4.40. The van der Waals surface area contributed by atoms with Crippen LogP contribution < -0.4 is 10.1 Å². The van der Waals surface area contributed by atoms with Gasteiger partial charge in [-0.2, -0.15) is 0 Å². The van der Waals surface area contributed by atoms with Gasteiger partial charge >= 0.3 is 0 Å². The van der Waals surface area contributed by atoms with Crippen LogP contribution in [0.2, 0.25) is 0 Å². The molecule has 0 aliphatic carbocycles. The first-order valence-corrected chi connectivity index (χ1v) is 6.65. The van der Waals surface area contributed by atoms with Gasteiger partial charge in [0.15, 0.2) is 11.6 Å². The molecular formula is C17H20FNO. The van der Waals surface area contributed by atoms with Gasteiger partial charge in [0.2, 0.25) is 0 Å². The molecule has 1 atom stereocenters. The van der Waals surface area contributed by atoms with Crippen molar-refractivity contribution < 1.29 is 9.13 Å². The van der Waals surface area contributed by atoms with E-state index >= 15 is 0 Å². The summed E-state index contributed by atoms with van der Waals surface area (Å²) in [6, 6.07) is 11.3. The van der Waals surface area contributed by atoms with E-state index in [9.17, 15) is 4.39 Å². The molecule has 20 heavy (non-hydrogen) atoms. The maximum atomic E-state index is 13.9. The van der Waals surface area contributed by atoms with Crippen molar-refractivity contribution >= 4 is 0 Å². The van der Waals surface area contributed by atoms with Gasteiger partial charge in [0.05, 0.1) is 13.2 Å². The quantitative estimate of drug-likeness (QED) is 0.915. The van der Waals surface area contributed by atoms with Crippen LogP contribution in [-0.4, -0.2) is 14.2 Å². The number of halogens is 1. The third kappa shape index (κ3) is 2.68. The molecule has 0 fully saturated rings. The van der Waals surface area contributed by atoms with Gasteiger partial charge in [0, 0.05) is 0 Å². The van der Waals surface area contributed by atoms with Crippen molar-refractivity contribution in [1.29, 1.82) is 0 Å². The van der Waals surface area contributed by atoms with Crippen molar-refractivity contribution in [3.8, 4) is 5.75 Å². The van der Waals surface area contributed by atoms with Crippen molar-refractivity contribution in [1.82, 2.24) is 5.32 Å².